The number of carbonyl (C=O) groups is 1. The summed E-state index contributed by atoms with van der Waals surface area (Å²) in [7, 11) is 1.64. The summed E-state index contributed by atoms with van der Waals surface area (Å²) in [4.78, 5) is 23.1. The van der Waals surface area contributed by atoms with Crippen LogP contribution in [0.5, 0.6) is 0 Å². The van der Waals surface area contributed by atoms with E-state index >= 15 is 0 Å². The molecule has 8 nitrogen and oxygen atoms in total. The molecule has 0 fully saturated rings. The van der Waals surface area contributed by atoms with Crippen molar-refractivity contribution in [1.29, 1.82) is 0 Å². The van der Waals surface area contributed by atoms with Gasteiger partial charge in [-0.1, -0.05) is 232 Å². The Hall–Kier alpha value is -3.10. The first-order valence-electron chi connectivity index (χ1n) is 29.3. The summed E-state index contributed by atoms with van der Waals surface area (Å²) in [5, 5.41) is 0. The van der Waals surface area contributed by atoms with Crippen molar-refractivity contribution in [3.8, 4) is 0 Å². The van der Waals surface area contributed by atoms with Crippen molar-refractivity contribution in [2.45, 2.75) is 225 Å². The molecule has 0 amide bonds. The minimum Gasteiger partial charge on any atom is -0.457 e. The molecule has 0 radical (unpaired) electrons. The molecule has 73 heavy (non-hydrogen) atoms. The monoisotopic (exact) mass is 1040 g/mol. The standard InChI is InChI=1S/C64H110NO7P/c1-6-8-10-12-14-16-18-20-22-24-26-28-30-32-34-36-38-40-42-44-46-48-50-52-54-56-59-69-61-63(62-71-73(67,68)70-60-58-65(3,4)5)72-64(66)57-55-53-51-49-47-45-43-41-39-37-35-33-31-29-27-25-23-21-19-17-15-13-11-9-7-2/h8-11,14-17,20-23,26-29,33,35,39,41,63H,6-7,12-13,18-19,24-25,30-32,34,36-38,40,42-62H2,1-5H3/p+1/b10-8-,11-9-,16-14-,17-15-,22-20-,23-21-,28-26-,29-27-,35-33-,41-39-. The number of ether oxygens (including phenoxy) is 2. The molecule has 2 atom stereocenters. The Labute approximate surface area is 450 Å². The molecule has 418 valence electrons. The van der Waals surface area contributed by atoms with Gasteiger partial charge in [0.05, 0.1) is 34.4 Å². The summed E-state index contributed by atoms with van der Waals surface area (Å²) in [6, 6.07) is 0. The molecule has 0 aromatic rings. The molecule has 0 aromatic carbocycles. The summed E-state index contributed by atoms with van der Waals surface area (Å²) in [5.41, 5.74) is 0. The van der Waals surface area contributed by atoms with Gasteiger partial charge in [0.2, 0.25) is 0 Å². The predicted molar refractivity (Wildman–Crippen MR) is 316 cm³/mol. The number of rotatable bonds is 53. The zero-order valence-electron chi connectivity index (χ0n) is 47.6. The number of carbonyl (C=O) groups excluding carboxylic acids is 1. The topological polar surface area (TPSA) is 91.3 Å². The molecule has 0 bridgehead atoms. The average molecular weight is 1040 g/mol. The molecule has 0 aliphatic heterocycles. The van der Waals surface area contributed by atoms with Crippen molar-refractivity contribution in [1.82, 2.24) is 0 Å². The quantitative estimate of drug-likeness (QED) is 0.0213. The van der Waals surface area contributed by atoms with Gasteiger partial charge in [0.1, 0.15) is 19.3 Å². The molecule has 0 aromatic heterocycles. The van der Waals surface area contributed by atoms with Gasteiger partial charge in [0.15, 0.2) is 0 Å². The van der Waals surface area contributed by atoms with E-state index in [0.717, 1.165) is 109 Å². The lowest BCUT2D eigenvalue weighted by Gasteiger charge is -2.24. The Bertz CT molecular complexity index is 1580. The molecule has 0 aliphatic carbocycles. The lowest BCUT2D eigenvalue weighted by Crippen LogP contribution is -2.37. The first kappa shape index (κ1) is 69.9. The average Bonchev–Trinajstić information content (AvgIpc) is 3.35. The van der Waals surface area contributed by atoms with Gasteiger partial charge in [0, 0.05) is 13.0 Å². The van der Waals surface area contributed by atoms with Crippen LogP contribution in [-0.4, -0.2) is 75.6 Å². The normalized spacial score (nSPS) is 14.3. The van der Waals surface area contributed by atoms with E-state index in [1.807, 2.05) is 21.1 Å². The van der Waals surface area contributed by atoms with E-state index in [-0.39, 0.29) is 25.8 Å². The van der Waals surface area contributed by atoms with E-state index in [0.29, 0.717) is 24.1 Å². The van der Waals surface area contributed by atoms with Gasteiger partial charge in [-0.05, 0) is 103 Å². The zero-order chi connectivity index (χ0) is 53.3. The fourth-order valence-electron chi connectivity index (χ4n) is 7.61. The number of hydrogen-bond acceptors (Lipinski definition) is 6. The highest BCUT2D eigenvalue weighted by Gasteiger charge is 2.26. The maximum Gasteiger partial charge on any atom is 0.472 e. The summed E-state index contributed by atoms with van der Waals surface area (Å²) >= 11 is 0. The van der Waals surface area contributed by atoms with Crippen molar-refractivity contribution < 1.29 is 37.3 Å². The number of phosphoric acid groups is 1. The second-order valence-electron chi connectivity index (χ2n) is 20.3. The fraction of sp³-hybridized carbons (Fsp3) is 0.672. The highest BCUT2D eigenvalue weighted by molar-refractivity contribution is 7.47. The van der Waals surface area contributed by atoms with Gasteiger partial charge in [0.25, 0.3) is 0 Å². The first-order valence-corrected chi connectivity index (χ1v) is 30.8. The Morgan fingerprint density at radius 2 is 0.753 bits per heavy atom. The van der Waals surface area contributed by atoms with Crippen molar-refractivity contribution in [2.75, 3.05) is 54.1 Å². The fourth-order valence-corrected chi connectivity index (χ4v) is 8.35. The number of allylic oxidation sites excluding steroid dienone is 20. The molecule has 0 rings (SSSR count). The van der Waals surface area contributed by atoms with Crippen molar-refractivity contribution >= 4 is 13.8 Å². The van der Waals surface area contributed by atoms with Crippen molar-refractivity contribution in [2.24, 2.45) is 0 Å². The van der Waals surface area contributed by atoms with Gasteiger partial charge >= 0.3 is 13.8 Å². The largest absolute Gasteiger partial charge is 0.472 e. The van der Waals surface area contributed by atoms with Crippen molar-refractivity contribution in [3.05, 3.63) is 122 Å². The number of quaternary nitrogens is 1. The Balaban J connectivity index is 4.13. The van der Waals surface area contributed by atoms with Crippen LogP contribution in [0.4, 0.5) is 0 Å². The minimum absolute atomic E-state index is 0.0787. The van der Waals surface area contributed by atoms with E-state index in [9.17, 15) is 14.3 Å². The molecule has 0 heterocycles. The van der Waals surface area contributed by atoms with Crippen LogP contribution in [-0.2, 0) is 27.9 Å². The first-order chi connectivity index (χ1) is 35.6. The van der Waals surface area contributed by atoms with E-state index < -0.39 is 13.9 Å². The SMILES string of the molecule is CC/C=C\C/C=C\C/C=C\C/C=C\C/C=C\C/C=C\CCCCCCCCC(=O)OC(COCCCCCCCCCCCCCCC/C=C\C/C=C\C/C=C\C/C=C\CC)COP(=O)(O)OCC[N+](C)(C)C. The van der Waals surface area contributed by atoms with Crippen LogP contribution in [0.1, 0.15) is 219 Å². The van der Waals surface area contributed by atoms with E-state index in [1.54, 1.807) is 0 Å². The molecule has 9 heteroatoms. The van der Waals surface area contributed by atoms with Crippen molar-refractivity contribution in [3.63, 3.8) is 0 Å². The van der Waals surface area contributed by atoms with Crippen LogP contribution < -0.4 is 0 Å². The summed E-state index contributed by atoms with van der Waals surface area (Å²) in [6.07, 6.45) is 79.8. The number of nitrogens with zero attached hydrogens (tertiary/aromatic N) is 1. The van der Waals surface area contributed by atoms with Gasteiger partial charge in [-0.25, -0.2) is 4.57 Å². The molecule has 0 saturated heterocycles. The molecule has 0 aliphatic rings. The highest BCUT2D eigenvalue weighted by atomic mass is 31.2. The van der Waals surface area contributed by atoms with E-state index in [4.69, 9.17) is 18.5 Å². The lowest BCUT2D eigenvalue weighted by atomic mass is 10.0. The van der Waals surface area contributed by atoms with Crippen LogP contribution in [0, 0.1) is 0 Å². The summed E-state index contributed by atoms with van der Waals surface area (Å²) < 4.78 is 35.3. The number of unbranched alkanes of at least 4 members (excludes halogenated alkanes) is 19. The number of phosphoric ester groups is 1. The van der Waals surface area contributed by atoms with E-state index in [2.05, 4.69) is 135 Å². The Morgan fingerprint density at radius 1 is 0.425 bits per heavy atom. The zero-order valence-corrected chi connectivity index (χ0v) is 48.5. The number of esters is 1. The van der Waals surface area contributed by atoms with Gasteiger partial charge in [-0.2, -0.15) is 0 Å². The van der Waals surface area contributed by atoms with Crippen LogP contribution in [0.15, 0.2) is 122 Å². The van der Waals surface area contributed by atoms with Crippen LogP contribution in [0.3, 0.4) is 0 Å². The van der Waals surface area contributed by atoms with Crippen LogP contribution in [0.25, 0.3) is 0 Å². The molecule has 2 unspecified atom stereocenters. The molecular formula is C64H111NO7P+. The number of hydrogen-bond donors (Lipinski definition) is 1. The van der Waals surface area contributed by atoms with Crippen LogP contribution in [0.2, 0.25) is 0 Å². The lowest BCUT2D eigenvalue weighted by molar-refractivity contribution is -0.870. The van der Waals surface area contributed by atoms with Gasteiger partial charge in [-0.15, -0.1) is 0 Å². The Kier molecular flexibility index (Phi) is 52.8. The third kappa shape index (κ3) is 59.7. The molecular weight excluding hydrogens is 926 g/mol. The van der Waals surface area contributed by atoms with Crippen LogP contribution >= 0.6 is 7.82 Å². The predicted octanol–water partition coefficient (Wildman–Crippen LogP) is 18.8. The smallest absolute Gasteiger partial charge is 0.457 e. The maximum absolute atomic E-state index is 12.8. The molecule has 0 spiro atoms. The second kappa shape index (κ2) is 55.1. The third-order valence-corrected chi connectivity index (χ3v) is 13.0. The second-order valence-corrected chi connectivity index (χ2v) is 21.7. The molecule has 1 N–H and O–H groups in total. The number of likely N-dealkylation sites (N-methyl/N-ethyl adjacent to an activating group) is 1. The van der Waals surface area contributed by atoms with Gasteiger partial charge in [-0.3, -0.25) is 13.8 Å². The molecule has 0 saturated carbocycles. The summed E-state index contributed by atoms with van der Waals surface area (Å²) in [6.45, 7) is 5.37. The van der Waals surface area contributed by atoms with Gasteiger partial charge < -0.3 is 18.9 Å². The minimum atomic E-state index is -4.30. The summed E-state index contributed by atoms with van der Waals surface area (Å²) in [5.74, 6) is -0.331. The maximum atomic E-state index is 12.8. The Morgan fingerprint density at radius 3 is 1.12 bits per heavy atom. The third-order valence-electron chi connectivity index (χ3n) is 12.0. The van der Waals surface area contributed by atoms with E-state index in [1.165, 1.54) is 89.9 Å². The highest BCUT2D eigenvalue weighted by Crippen LogP contribution is 2.43.